The molecule has 1 aliphatic carbocycles. The smallest absolute Gasteiger partial charge is 0.226 e. The van der Waals surface area contributed by atoms with Gasteiger partial charge in [-0.2, -0.15) is 0 Å². The molecule has 2 saturated heterocycles. The Morgan fingerprint density at radius 2 is 1.66 bits per heavy atom. The van der Waals surface area contributed by atoms with Crippen LogP contribution in [0.5, 0.6) is 0 Å². The second kappa shape index (κ2) is 12.3. The minimum Gasteiger partial charge on any atom is -0.381 e. The van der Waals surface area contributed by atoms with E-state index < -0.39 is 6.04 Å². The minimum absolute atomic E-state index is 0.00634. The lowest BCUT2D eigenvalue weighted by atomic mass is 9.57. The summed E-state index contributed by atoms with van der Waals surface area (Å²) in [5.41, 5.74) is 10.6. The zero-order valence-electron chi connectivity index (χ0n) is 26.0. The Balaban J connectivity index is 1.25. The van der Waals surface area contributed by atoms with Crippen LogP contribution in [0.3, 0.4) is 0 Å². The first-order valence-electron chi connectivity index (χ1n) is 16.1. The van der Waals surface area contributed by atoms with Crippen LogP contribution in [0, 0.1) is 16.7 Å². The van der Waals surface area contributed by atoms with Crippen molar-refractivity contribution in [3.63, 3.8) is 0 Å². The normalized spacial score (nSPS) is 22.0. The molecule has 1 saturated carbocycles. The van der Waals surface area contributed by atoms with Gasteiger partial charge in [-0.05, 0) is 80.0 Å². The van der Waals surface area contributed by atoms with Gasteiger partial charge in [-0.15, -0.1) is 0 Å². The highest BCUT2D eigenvalue weighted by molar-refractivity contribution is 5.95. The average Bonchev–Trinajstić information content (AvgIpc) is 3.02. The number of rotatable bonds is 7. The van der Waals surface area contributed by atoms with E-state index in [2.05, 4.69) is 11.0 Å². The Labute approximate surface area is 260 Å². The van der Waals surface area contributed by atoms with E-state index in [1.54, 1.807) is 19.2 Å². The molecule has 9 nitrogen and oxygen atoms in total. The summed E-state index contributed by atoms with van der Waals surface area (Å²) in [6.45, 7) is 5.41. The molecule has 3 heterocycles. The number of fused-ring (bicyclic) bond motifs is 1. The highest BCUT2D eigenvalue weighted by atomic mass is 16.5. The molecule has 44 heavy (non-hydrogen) atoms. The first-order valence-corrected chi connectivity index (χ1v) is 16.1. The highest BCUT2D eigenvalue weighted by Crippen LogP contribution is 2.54. The fraction of sp³-hybridized carbons (Fsp3) is 0.543. The van der Waals surface area contributed by atoms with E-state index in [0.717, 1.165) is 82.3 Å². The lowest BCUT2D eigenvalue weighted by Crippen LogP contribution is -2.55. The molecule has 3 aliphatic heterocycles. The Kier molecular flexibility index (Phi) is 8.51. The third-order valence-electron chi connectivity index (χ3n) is 10.7. The Morgan fingerprint density at radius 3 is 2.27 bits per heavy atom. The molecule has 0 radical (unpaired) electrons. The summed E-state index contributed by atoms with van der Waals surface area (Å²) in [5.74, 6) is 0.134. The predicted molar refractivity (Wildman–Crippen MR) is 170 cm³/mol. The van der Waals surface area contributed by atoms with Gasteiger partial charge in [0.15, 0.2) is 17.5 Å². The number of benzene rings is 2. The number of piperidine rings is 2. The average molecular weight is 600 g/mol. The van der Waals surface area contributed by atoms with E-state index in [4.69, 9.17) is 15.9 Å². The number of amides is 1. The molecule has 234 valence electrons. The molecular formula is C35H45N5O4. The first kappa shape index (κ1) is 30.3. The largest absolute Gasteiger partial charge is 0.381 e. The van der Waals surface area contributed by atoms with Gasteiger partial charge < -0.3 is 25.2 Å². The predicted octanol–water partition coefficient (Wildman–Crippen LogP) is 4.13. The molecule has 0 aromatic heterocycles. The molecule has 9 heteroatoms. The quantitative estimate of drug-likeness (QED) is 0.279. The number of Topliss-reactive ketones (excluding diaryl/α,β-unsaturated/α-hetero) is 2. The summed E-state index contributed by atoms with van der Waals surface area (Å²) >= 11 is 0. The third kappa shape index (κ3) is 5.86. The summed E-state index contributed by atoms with van der Waals surface area (Å²) in [6, 6.07) is 12.9. The van der Waals surface area contributed by atoms with Crippen molar-refractivity contribution in [1.82, 2.24) is 9.80 Å². The number of nitrogens with zero attached hydrogens (tertiary/aromatic N) is 3. The van der Waals surface area contributed by atoms with Gasteiger partial charge in [0.25, 0.3) is 0 Å². The molecule has 2 aromatic carbocycles. The number of carbonyl (C=O) groups is 3. The van der Waals surface area contributed by atoms with Crippen molar-refractivity contribution in [2.45, 2.75) is 70.4 Å². The number of nitrogens with one attached hydrogen (secondary N) is 1. The summed E-state index contributed by atoms with van der Waals surface area (Å²) < 4.78 is 5.60. The number of hydrogen-bond donors (Lipinski definition) is 2. The van der Waals surface area contributed by atoms with Crippen LogP contribution in [0.4, 0.5) is 5.69 Å². The zero-order valence-corrected chi connectivity index (χ0v) is 26.0. The number of carbonyl (C=O) groups excluding carboxylic acids is 3. The van der Waals surface area contributed by atoms with Crippen LogP contribution < -0.4 is 10.6 Å². The number of ketones is 2. The van der Waals surface area contributed by atoms with Crippen molar-refractivity contribution in [3.8, 4) is 0 Å². The van der Waals surface area contributed by atoms with Crippen LogP contribution in [-0.2, 0) is 27.2 Å². The van der Waals surface area contributed by atoms with E-state index >= 15 is 0 Å². The second-order valence-corrected chi connectivity index (χ2v) is 13.3. The van der Waals surface area contributed by atoms with Gasteiger partial charge in [0, 0.05) is 63.4 Å². The standard InChI is InChI=1S/C35H45N5O4/c1-23(41)25-8-6-24(7-9-25)20-31(42)32-29-4-3-5-30(38-15-10-27(44-2)11-16-38)28(29)12-17-40(32)33(43)26-21-35(22-26)13-18-39(19-14-35)34(36)37/h3-9,26-27,32H,10-22H2,1-2H3,(H3,36,37)/t32-/m1/s1. The molecule has 2 aromatic rings. The maximum Gasteiger partial charge on any atom is 0.226 e. The van der Waals surface area contributed by atoms with Crippen molar-refractivity contribution in [1.29, 1.82) is 5.41 Å². The fourth-order valence-electron chi connectivity index (χ4n) is 8.04. The van der Waals surface area contributed by atoms with E-state index in [1.807, 2.05) is 34.1 Å². The van der Waals surface area contributed by atoms with Gasteiger partial charge in [-0.1, -0.05) is 36.4 Å². The summed E-state index contributed by atoms with van der Waals surface area (Å²) in [6.07, 6.45) is 6.71. The van der Waals surface area contributed by atoms with Gasteiger partial charge in [0.05, 0.1) is 6.10 Å². The highest BCUT2D eigenvalue weighted by Gasteiger charge is 2.51. The number of ether oxygens (including phenoxy) is 1. The summed E-state index contributed by atoms with van der Waals surface area (Å²) in [5, 5.41) is 7.75. The molecule has 1 spiro atoms. The van der Waals surface area contributed by atoms with Crippen LogP contribution in [0.1, 0.15) is 78.5 Å². The Morgan fingerprint density at radius 1 is 0.977 bits per heavy atom. The van der Waals surface area contributed by atoms with E-state index in [9.17, 15) is 14.4 Å². The SMILES string of the molecule is COC1CCN(c2cccc3c2CCN(C(=O)C2CC4(CCN(C(=N)N)CC4)C2)[C@H]3C(=O)Cc2ccc(C(C)=O)cc2)CC1. The molecule has 3 N–H and O–H groups in total. The van der Waals surface area contributed by atoms with Crippen LogP contribution in [0.25, 0.3) is 0 Å². The molecule has 4 aliphatic rings. The summed E-state index contributed by atoms with van der Waals surface area (Å²) in [7, 11) is 1.78. The van der Waals surface area contributed by atoms with E-state index in [-0.39, 0.29) is 47.3 Å². The van der Waals surface area contributed by atoms with Gasteiger partial charge in [-0.3, -0.25) is 19.8 Å². The van der Waals surface area contributed by atoms with Gasteiger partial charge >= 0.3 is 0 Å². The second-order valence-electron chi connectivity index (χ2n) is 13.3. The van der Waals surface area contributed by atoms with Crippen LogP contribution >= 0.6 is 0 Å². The van der Waals surface area contributed by atoms with Gasteiger partial charge in [0.2, 0.25) is 5.91 Å². The number of hydrogen-bond acceptors (Lipinski definition) is 6. The van der Waals surface area contributed by atoms with Gasteiger partial charge in [-0.25, -0.2) is 0 Å². The van der Waals surface area contributed by atoms with Crippen molar-refractivity contribution < 1.29 is 19.1 Å². The van der Waals surface area contributed by atoms with Crippen molar-refractivity contribution in [3.05, 3.63) is 64.7 Å². The molecule has 1 amide bonds. The lowest BCUT2D eigenvalue weighted by molar-refractivity contribution is -0.151. The number of nitrogens with two attached hydrogens (primary N) is 1. The minimum atomic E-state index is -0.633. The van der Waals surface area contributed by atoms with Crippen LogP contribution in [-0.4, -0.2) is 79.2 Å². The molecule has 3 fully saturated rings. The van der Waals surface area contributed by atoms with E-state index in [0.29, 0.717) is 12.1 Å². The first-order chi connectivity index (χ1) is 21.2. The molecule has 6 rings (SSSR count). The Bertz CT molecular complexity index is 1420. The molecular weight excluding hydrogens is 554 g/mol. The summed E-state index contributed by atoms with van der Waals surface area (Å²) in [4.78, 5) is 46.4. The lowest BCUT2D eigenvalue weighted by Gasteiger charge is -2.53. The molecule has 0 unspecified atom stereocenters. The molecule has 0 bridgehead atoms. The van der Waals surface area contributed by atoms with Crippen molar-refractivity contribution in [2.24, 2.45) is 17.1 Å². The number of guanidine groups is 1. The van der Waals surface area contributed by atoms with Crippen LogP contribution in [0.2, 0.25) is 0 Å². The maximum atomic E-state index is 14.2. The monoisotopic (exact) mass is 599 g/mol. The van der Waals surface area contributed by atoms with Crippen LogP contribution in [0.15, 0.2) is 42.5 Å². The fourth-order valence-corrected chi connectivity index (χ4v) is 8.04. The third-order valence-corrected chi connectivity index (χ3v) is 10.7. The van der Waals surface area contributed by atoms with Crippen molar-refractivity contribution in [2.75, 3.05) is 44.7 Å². The van der Waals surface area contributed by atoms with Gasteiger partial charge in [0.1, 0.15) is 6.04 Å². The van der Waals surface area contributed by atoms with Crippen molar-refractivity contribution >= 4 is 29.1 Å². The zero-order chi connectivity index (χ0) is 31.0. The maximum absolute atomic E-state index is 14.2. The number of likely N-dealkylation sites (tertiary alicyclic amines) is 1. The van der Waals surface area contributed by atoms with E-state index in [1.165, 1.54) is 18.2 Å². The number of anilines is 1. The Hall–Kier alpha value is -3.72. The topological polar surface area (TPSA) is 120 Å². The molecule has 1 atom stereocenters. The number of methoxy groups -OCH3 is 1.